The van der Waals surface area contributed by atoms with Crippen molar-refractivity contribution >= 4 is 11.0 Å². The first-order valence-corrected chi connectivity index (χ1v) is 7.40. The summed E-state index contributed by atoms with van der Waals surface area (Å²) in [5.74, 6) is 1.00. The lowest BCUT2D eigenvalue weighted by atomic mass is 10.1. The third kappa shape index (κ3) is 2.09. The molecular weight excluding hydrogens is 268 g/mol. The van der Waals surface area contributed by atoms with E-state index in [4.69, 9.17) is 4.98 Å². The number of hydrogen-bond acceptors (Lipinski definition) is 1. The van der Waals surface area contributed by atoms with Gasteiger partial charge >= 0.3 is 0 Å². The Morgan fingerprint density at radius 1 is 0.682 bits per heavy atom. The highest BCUT2D eigenvalue weighted by atomic mass is 15.1. The van der Waals surface area contributed by atoms with Crippen molar-refractivity contribution in [2.24, 2.45) is 7.05 Å². The van der Waals surface area contributed by atoms with Crippen molar-refractivity contribution < 1.29 is 0 Å². The molecule has 22 heavy (non-hydrogen) atoms. The summed E-state index contributed by atoms with van der Waals surface area (Å²) in [4.78, 5) is 4.83. The van der Waals surface area contributed by atoms with Gasteiger partial charge in [-0.3, -0.25) is 0 Å². The summed E-state index contributed by atoms with van der Waals surface area (Å²) in [6.45, 7) is 0. The second-order valence-corrected chi connectivity index (χ2v) is 5.43. The van der Waals surface area contributed by atoms with Crippen molar-refractivity contribution in [3.05, 3.63) is 78.9 Å². The molecule has 106 valence electrons. The predicted molar refractivity (Wildman–Crippen MR) is 91.6 cm³/mol. The fourth-order valence-electron chi connectivity index (χ4n) is 2.86. The third-order valence-corrected chi connectivity index (χ3v) is 4.02. The van der Waals surface area contributed by atoms with Gasteiger partial charge in [0.15, 0.2) is 0 Å². The van der Waals surface area contributed by atoms with E-state index in [1.807, 2.05) is 24.3 Å². The molecule has 4 aromatic rings. The quantitative estimate of drug-likeness (QED) is 0.511. The number of nitrogens with zero attached hydrogens (tertiary/aromatic N) is 2. The smallest absolute Gasteiger partial charge is 0.140 e. The Hall–Kier alpha value is -2.87. The van der Waals surface area contributed by atoms with Crippen LogP contribution >= 0.6 is 0 Å². The second-order valence-electron chi connectivity index (χ2n) is 5.43. The maximum absolute atomic E-state index is 4.83. The van der Waals surface area contributed by atoms with Gasteiger partial charge < -0.3 is 4.57 Å². The Kier molecular flexibility index (Phi) is 3.01. The van der Waals surface area contributed by atoms with Gasteiger partial charge in [-0.25, -0.2) is 4.98 Å². The highest BCUT2D eigenvalue weighted by Crippen LogP contribution is 2.27. The van der Waals surface area contributed by atoms with Gasteiger partial charge in [-0.2, -0.15) is 0 Å². The molecule has 0 spiro atoms. The molecule has 4 rings (SSSR count). The van der Waals surface area contributed by atoms with Crippen LogP contribution in [0.4, 0.5) is 0 Å². The van der Waals surface area contributed by atoms with E-state index in [2.05, 4.69) is 66.2 Å². The lowest BCUT2D eigenvalue weighted by Crippen LogP contribution is -1.91. The Morgan fingerprint density at radius 2 is 1.32 bits per heavy atom. The van der Waals surface area contributed by atoms with Crippen LogP contribution in [0.3, 0.4) is 0 Å². The summed E-state index contributed by atoms with van der Waals surface area (Å²) in [6, 6.07) is 27.2. The van der Waals surface area contributed by atoms with E-state index in [0.29, 0.717) is 0 Å². The van der Waals surface area contributed by atoms with Gasteiger partial charge in [0, 0.05) is 12.6 Å². The molecule has 0 aliphatic heterocycles. The summed E-state index contributed by atoms with van der Waals surface area (Å²) in [6.07, 6.45) is 0. The Bertz CT molecular complexity index is 922. The lowest BCUT2D eigenvalue weighted by Gasteiger charge is -2.03. The lowest BCUT2D eigenvalue weighted by molar-refractivity contribution is 0.959. The maximum atomic E-state index is 4.83. The summed E-state index contributed by atoms with van der Waals surface area (Å²) in [7, 11) is 2.07. The average Bonchev–Trinajstić information content (AvgIpc) is 2.93. The van der Waals surface area contributed by atoms with Crippen LogP contribution in [-0.2, 0) is 7.05 Å². The molecule has 1 aromatic heterocycles. The van der Waals surface area contributed by atoms with Gasteiger partial charge in [0.05, 0.1) is 11.0 Å². The van der Waals surface area contributed by atoms with Crippen molar-refractivity contribution in [2.75, 3.05) is 0 Å². The molecule has 0 radical (unpaired) electrons. The number of fused-ring (bicyclic) bond motifs is 1. The Morgan fingerprint density at radius 3 is 2.00 bits per heavy atom. The number of imidazole rings is 1. The second kappa shape index (κ2) is 5.15. The van der Waals surface area contributed by atoms with Crippen LogP contribution in [0.15, 0.2) is 78.9 Å². The highest BCUT2D eigenvalue weighted by molar-refractivity contribution is 5.85. The highest BCUT2D eigenvalue weighted by Gasteiger charge is 2.10. The summed E-state index contributed by atoms with van der Waals surface area (Å²) in [5.41, 5.74) is 5.74. The molecule has 0 saturated carbocycles. The molecule has 0 N–H and O–H groups in total. The van der Waals surface area contributed by atoms with Gasteiger partial charge in [0.1, 0.15) is 5.82 Å². The first kappa shape index (κ1) is 12.8. The molecule has 0 saturated heterocycles. The average molecular weight is 284 g/mol. The van der Waals surface area contributed by atoms with Crippen molar-refractivity contribution in [3.63, 3.8) is 0 Å². The van der Waals surface area contributed by atoms with Gasteiger partial charge in [-0.05, 0) is 23.3 Å². The monoisotopic (exact) mass is 284 g/mol. The molecule has 0 bridgehead atoms. The van der Waals surface area contributed by atoms with Gasteiger partial charge in [0.2, 0.25) is 0 Å². The van der Waals surface area contributed by atoms with E-state index in [0.717, 1.165) is 22.4 Å². The van der Waals surface area contributed by atoms with Crippen LogP contribution < -0.4 is 0 Å². The largest absolute Gasteiger partial charge is 0.327 e. The van der Waals surface area contributed by atoms with Crippen LogP contribution in [0.1, 0.15) is 0 Å². The fourth-order valence-corrected chi connectivity index (χ4v) is 2.86. The molecule has 0 unspecified atom stereocenters. The summed E-state index contributed by atoms with van der Waals surface area (Å²) < 4.78 is 2.15. The first-order valence-electron chi connectivity index (χ1n) is 7.40. The van der Waals surface area contributed by atoms with Gasteiger partial charge in [0.25, 0.3) is 0 Å². The van der Waals surface area contributed by atoms with E-state index in [-0.39, 0.29) is 0 Å². The minimum absolute atomic E-state index is 1.00. The number of benzene rings is 3. The zero-order chi connectivity index (χ0) is 14.9. The van der Waals surface area contributed by atoms with Crippen LogP contribution in [-0.4, -0.2) is 9.55 Å². The molecule has 1 heterocycles. The van der Waals surface area contributed by atoms with Crippen LogP contribution in [0.5, 0.6) is 0 Å². The molecule has 0 atom stereocenters. The molecule has 0 fully saturated rings. The summed E-state index contributed by atoms with van der Waals surface area (Å²) >= 11 is 0. The fraction of sp³-hybridized carbons (Fsp3) is 0.0500. The number of aromatic nitrogens is 2. The molecule has 0 aliphatic rings. The van der Waals surface area contributed by atoms with Crippen molar-refractivity contribution in [2.45, 2.75) is 0 Å². The molecule has 0 amide bonds. The van der Waals surface area contributed by atoms with E-state index < -0.39 is 0 Å². The topological polar surface area (TPSA) is 17.8 Å². The number of rotatable bonds is 2. The number of hydrogen-bond donors (Lipinski definition) is 0. The van der Waals surface area contributed by atoms with Crippen LogP contribution in [0.25, 0.3) is 33.5 Å². The van der Waals surface area contributed by atoms with E-state index in [9.17, 15) is 0 Å². The Labute approximate surface area is 129 Å². The van der Waals surface area contributed by atoms with Crippen molar-refractivity contribution in [1.29, 1.82) is 0 Å². The minimum Gasteiger partial charge on any atom is -0.327 e. The zero-order valence-electron chi connectivity index (χ0n) is 12.4. The molecular formula is C20H16N2. The first-order chi connectivity index (χ1) is 10.8. The van der Waals surface area contributed by atoms with E-state index >= 15 is 0 Å². The third-order valence-electron chi connectivity index (χ3n) is 4.02. The van der Waals surface area contributed by atoms with Crippen LogP contribution in [0, 0.1) is 0 Å². The minimum atomic E-state index is 1.00. The standard InChI is InChI=1S/C20H16N2/c1-22-19-13-12-17(15-8-4-2-5-9-15)14-18(19)21-20(22)16-10-6-3-7-11-16/h2-14H,1H3. The summed E-state index contributed by atoms with van der Waals surface area (Å²) in [5, 5.41) is 0. The van der Waals surface area contributed by atoms with Crippen LogP contribution in [0.2, 0.25) is 0 Å². The van der Waals surface area contributed by atoms with E-state index in [1.165, 1.54) is 11.1 Å². The molecule has 2 heteroatoms. The Balaban J connectivity index is 1.88. The predicted octanol–water partition coefficient (Wildman–Crippen LogP) is 4.91. The number of aryl methyl sites for hydroxylation is 1. The van der Waals surface area contributed by atoms with E-state index in [1.54, 1.807) is 0 Å². The molecule has 3 aromatic carbocycles. The normalized spacial score (nSPS) is 11.0. The van der Waals surface area contributed by atoms with Crippen molar-refractivity contribution in [1.82, 2.24) is 9.55 Å². The van der Waals surface area contributed by atoms with Gasteiger partial charge in [-0.1, -0.05) is 66.7 Å². The van der Waals surface area contributed by atoms with Gasteiger partial charge in [-0.15, -0.1) is 0 Å². The van der Waals surface area contributed by atoms with Crippen molar-refractivity contribution in [3.8, 4) is 22.5 Å². The maximum Gasteiger partial charge on any atom is 0.140 e. The molecule has 2 nitrogen and oxygen atoms in total. The molecule has 0 aliphatic carbocycles. The SMILES string of the molecule is Cn1c(-c2ccccc2)nc2cc(-c3ccccc3)ccc21. The zero-order valence-corrected chi connectivity index (χ0v) is 12.4.